The van der Waals surface area contributed by atoms with Crippen LogP contribution in [0.3, 0.4) is 0 Å². The zero-order valence-electron chi connectivity index (χ0n) is 13.1. The smallest absolute Gasteiger partial charge is 0.217 e. The molecule has 22 heavy (non-hydrogen) atoms. The third-order valence-electron chi connectivity index (χ3n) is 5.18. The highest BCUT2D eigenvalue weighted by atomic mass is 16.1. The molecule has 0 atom stereocenters. The highest BCUT2D eigenvalue weighted by molar-refractivity contribution is 5.73. The van der Waals surface area contributed by atoms with E-state index in [2.05, 4.69) is 28.4 Å². The number of amides is 1. The first kappa shape index (κ1) is 15.1. The van der Waals surface area contributed by atoms with Gasteiger partial charge in [0.25, 0.3) is 0 Å². The summed E-state index contributed by atoms with van der Waals surface area (Å²) in [6.45, 7) is 3.48. The monoisotopic (exact) mass is 297 g/mol. The van der Waals surface area contributed by atoms with Crippen LogP contribution >= 0.6 is 0 Å². The largest absolute Gasteiger partial charge is 0.351 e. The molecule has 1 aliphatic carbocycles. The van der Waals surface area contributed by atoms with Crippen LogP contribution in [-0.2, 0) is 10.2 Å². The third kappa shape index (κ3) is 2.86. The maximum absolute atomic E-state index is 11.0. The number of hydrogen-bond acceptors (Lipinski definition) is 3. The summed E-state index contributed by atoms with van der Waals surface area (Å²) in [6.07, 6.45) is 3.99. The molecule has 0 unspecified atom stereocenters. The molecule has 1 heterocycles. The maximum Gasteiger partial charge on any atom is 0.217 e. The van der Waals surface area contributed by atoms with Crippen LogP contribution < -0.4 is 5.32 Å². The molecule has 0 spiro atoms. The van der Waals surface area contributed by atoms with E-state index in [1.54, 1.807) is 6.92 Å². The number of carbonyl (C=O) groups is 1. The van der Waals surface area contributed by atoms with Crippen molar-refractivity contribution in [2.45, 2.75) is 50.1 Å². The predicted octanol–water partition coefficient (Wildman–Crippen LogP) is 2.21. The van der Waals surface area contributed by atoms with Crippen LogP contribution in [0.4, 0.5) is 0 Å². The van der Waals surface area contributed by atoms with Crippen LogP contribution in [0.1, 0.15) is 38.2 Å². The third-order valence-corrected chi connectivity index (χ3v) is 5.18. The fourth-order valence-corrected chi connectivity index (χ4v) is 3.87. The first-order valence-electron chi connectivity index (χ1n) is 8.11. The summed E-state index contributed by atoms with van der Waals surface area (Å²) in [5.41, 5.74) is 0.857. The van der Waals surface area contributed by atoms with Crippen LogP contribution in [0.2, 0.25) is 0 Å². The highest BCUT2D eigenvalue weighted by Gasteiger charge is 2.41. The van der Waals surface area contributed by atoms with E-state index in [1.165, 1.54) is 0 Å². The van der Waals surface area contributed by atoms with Crippen LogP contribution in [0.5, 0.6) is 0 Å². The molecule has 2 fully saturated rings. The average Bonchev–Trinajstić information content (AvgIpc) is 2.51. The van der Waals surface area contributed by atoms with Gasteiger partial charge in [-0.1, -0.05) is 30.3 Å². The van der Waals surface area contributed by atoms with Crippen molar-refractivity contribution in [3.8, 4) is 6.07 Å². The van der Waals surface area contributed by atoms with Gasteiger partial charge >= 0.3 is 0 Å². The Morgan fingerprint density at radius 2 is 1.91 bits per heavy atom. The van der Waals surface area contributed by atoms with Gasteiger partial charge in [0, 0.05) is 26.1 Å². The Kier molecular flexibility index (Phi) is 4.17. The topological polar surface area (TPSA) is 56.1 Å². The first-order chi connectivity index (χ1) is 10.6. The van der Waals surface area contributed by atoms with Gasteiger partial charge in [-0.2, -0.15) is 5.26 Å². The number of nitriles is 1. The molecule has 0 bridgehead atoms. The fourth-order valence-electron chi connectivity index (χ4n) is 3.87. The van der Waals surface area contributed by atoms with E-state index in [1.807, 2.05) is 18.2 Å². The average molecular weight is 297 g/mol. The first-order valence-corrected chi connectivity index (χ1v) is 8.11. The van der Waals surface area contributed by atoms with Gasteiger partial charge in [-0.25, -0.2) is 0 Å². The van der Waals surface area contributed by atoms with Crippen molar-refractivity contribution in [1.29, 1.82) is 5.26 Å². The van der Waals surface area contributed by atoms with E-state index in [4.69, 9.17) is 0 Å². The molecule has 1 aromatic carbocycles. The fraction of sp³-hybridized carbons (Fsp3) is 0.556. The van der Waals surface area contributed by atoms with Crippen molar-refractivity contribution in [2.75, 3.05) is 13.1 Å². The van der Waals surface area contributed by atoms with Crippen molar-refractivity contribution < 1.29 is 4.79 Å². The maximum atomic E-state index is 11.0. The Bertz CT molecular complexity index is 564. The number of carbonyl (C=O) groups excluding carboxylic acids is 1. The van der Waals surface area contributed by atoms with E-state index in [0.717, 1.165) is 44.3 Å². The number of hydrogen-bond donors (Lipinski definition) is 1. The van der Waals surface area contributed by atoms with Crippen LogP contribution in [0.15, 0.2) is 30.3 Å². The van der Waals surface area contributed by atoms with Gasteiger partial charge in [0.15, 0.2) is 0 Å². The summed E-state index contributed by atoms with van der Waals surface area (Å²) >= 11 is 0. The molecule has 0 radical (unpaired) electrons. The Balaban J connectivity index is 1.57. The molecule has 116 valence electrons. The standard InChI is InChI=1S/C18H23N3O/c1-14(22)20-16-11-21(12-16)17-7-9-18(13-19,10-8-17)15-5-3-2-4-6-15/h2-6,16-17H,7-12H2,1H3,(H,20,22). The number of nitrogens with zero attached hydrogens (tertiary/aromatic N) is 2. The molecule has 1 saturated carbocycles. The summed E-state index contributed by atoms with van der Waals surface area (Å²) in [5, 5.41) is 12.7. The Morgan fingerprint density at radius 3 is 2.45 bits per heavy atom. The second-order valence-corrected chi connectivity index (χ2v) is 6.64. The molecule has 3 rings (SSSR count). The van der Waals surface area contributed by atoms with Gasteiger partial charge < -0.3 is 5.32 Å². The quantitative estimate of drug-likeness (QED) is 0.930. The van der Waals surface area contributed by atoms with Crippen LogP contribution in [0.25, 0.3) is 0 Å². The molecular formula is C18H23N3O. The molecule has 2 aliphatic rings. The molecule has 4 nitrogen and oxygen atoms in total. The number of benzene rings is 1. The zero-order chi connectivity index (χ0) is 15.6. The minimum Gasteiger partial charge on any atom is -0.351 e. The molecular weight excluding hydrogens is 274 g/mol. The second-order valence-electron chi connectivity index (χ2n) is 6.64. The molecule has 4 heteroatoms. The lowest BCUT2D eigenvalue weighted by atomic mass is 9.68. The summed E-state index contributed by atoms with van der Waals surface area (Å²) in [4.78, 5) is 13.5. The summed E-state index contributed by atoms with van der Waals surface area (Å²) in [6, 6.07) is 13.7. The zero-order valence-corrected chi connectivity index (χ0v) is 13.1. The molecule has 1 aromatic rings. The summed E-state index contributed by atoms with van der Waals surface area (Å²) < 4.78 is 0. The molecule has 1 amide bonds. The van der Waals surface area contributed by atoms with Gasteiger partial charge in [-0.05, 0) is 31.2 Å². The molecule has 0 aromatic heterocycles. The van der Waals surface area contributed by atoms with Crippen LogP contribution in [0, 0.1) is 11.3 Å². The van der Waals surface area contributed by atoms with E-state index in [9.17, 15) is 10.1 Å². The lowest BCUT2D eigenvalue weighted by Gasteiger charge is -2.48. The minimum absolute atomic E-state index is 0.0564. The van der Waals surface area contributed by atoms with E-state index in [-0.39, 0.29) is 11.3 Å². The van der Waals surface area contributed by atoms with Gasteiger partial charge in [0.2, 0.25) is 5.91 Å². The van der Waals surface area contributed by atoms with Gasteiger partial charge in [0.1, 0.15) is 0 Å². The second kappa shape index (κ2) is 6.10. The Labute approximate surface area is 132 Å². The summed E-state index contributed by atoms with van der Waals surface area (Å²) in [5.74, 6) is 0.0564. The minimum atomic E-state index is -0.306. The van der Waals surface area contributed by atoms with Crippen molar-refractivity contribution >= 4 is 5.91 Å². The Hall–Kier alpha value is -1.86. The molecule has 1 saturated heterocycles. The van der Waals surface area contributed by atoms with Crippen molar-refractivity contribution in [1.82, 2.24) is 10.2 Å². The lowest BCUT2D eigenvalue weighted by molar-refractivity contribution is -0.121. The van der Waals surface area contributed by atoms with E-state index >= 15 is 0 Å². The number of likely N-dealkylation sites (tertiary alicyclic amines) is 1. The van der Waals surface area contributed by atoms with Gasteiger partial charge in [-0.15, -0.1) is 0 Å². The number of nitrogens with one attached hydrogen (secondary N) is 1. The van der Waals surface area contributed by atoms with Crippen molar-refractivity contribution in [2.24, 2.45) is 0 Å². The normalized spacial score (nSPS) is 29.4. The Morgan fingerprint density at radius 1 is 1.27 bits per heavy atom. The molecule has 1 N–H and O–H groups in total. The van der Waals surface area contributed by atoms with Crippen molar-refractivity contribution in [3.05, 3.63) is 35.9 Å². The SMILES string of the molecule is CC(=O)NC1CN(C2CCC(C#N)(c3ccccc3)CC2)C1. The highest BCUT2D eigenvalue weighted by Crippen LogP contribution is 2.41. The lowest BCUT2D eigenvalue weighted by Crippen LogP contribution is -2.62. The number of rotatable bonds is 3. The predicted molar refractivity (Wildman–Crippen MR) is 85.2 cm³/mol. The molecule has 1 aliphatic heterocycles. The van der Waals surface area contributed by atoms with Gasteiger partial charge in [-0.3, -0.25) is 9.69 Å². The van der Waals surface area contributed by atoms with Crippen LogP contribution in [-0.4, -0.2) is 36.0 Å². The van der Waals surface area contributed by atoms with Gasteiger partial charge in [0.05, 0.1) is 17.5 Å². The van der Waals surface area contributed by atoms with Crippen molar-refractivity contribution in [3.63, 3.8) is 0 Å². The van der Waals surface area contributed by atoms with E-state index < -0.39 is 0 Å². The van der Waals surface area contributed by atoms with E-state index in [0.29, 0.717) is 12.1 Å². The summed E-state index contributed by atoms with van der Waals surface area (Å²) in [7, 11) is 0.